The smallest absolute Gasteiger partial charge is 0.315 e. The highest BCUT2D eigenvalue weighted by molar-refractivity contribution is 5.75. The molecule has 0 aliphatic carbocycles. The Balaban J connectivity index is 1.37. The fourth-order valence-corrected chi connectivity index (χ4v) is 3.22. The Labute approximate surface area is 164 Å². The van der Waals surface area contributed by atoms with Gasteiger partial charge < -0.3 is 20.1 Å². The molecule has 0 bridgehead atoms. The number of urea groups is 1. The molecule has 0 saturated carbocycles. The van der Waals surface area contributed by atoms with E-state index in [0.29, 0.717) is 13.2 Å². The first-order chi connectivity index (χ1) is 13.7. The highest BCUT2D eigenvalue weighted by atomic mass is 16.5. The van der Waals surface area contributed by atoms with E-state index in [1.807, 2.05) is 79.7 Å². The molecule has 0 fully saturated rings. The van der Waals surface area contributed by atoms with E-state index in [1.165, 1.54) is 5.56 Å². The van der Waals surface area contributed by atoms with Gasteiger partial charge in [0.15, 0.2) is 0 Å². The predicted octanol–water partition coefficient (Wildman–Crippen LogP) is 4.57. The van der Waals surface area contributed by atoms with Crippen LogP contribution in [0.3, 0.4) is 0 Å². The van der Waals surface area contributed by atoms with Crippen LogP contribution in [0.1, 0.15) is 22.7 Å². The summed E-state index contributed by atoms with van der Waals surface area (Å²) in [6.45, 7) is 2.84. The molecule has 0 atom stereocenters. The average Bonchev–Trinajstić information content (AvgIpc) is 2.72. The molecule has 2 amide bonds. The van der Waals surface area contributed by atoms with E-state index in [9.17, 15) is 4.79 Å². The van der Waals surface area contributed by atoms with E-state index < -0.39 is 0 Å². The van der Waals surface area contributed by atoms with Crippen molar-refractivity contribution in [3.8, 4) is 17.2 Å². The van der Waals surface area contributed by atoms with E-state index >= 15 is 0 Å². The molecular formula is C23H22N2O3. The maximum atomic E-state index is 12.5. The Hall–Kier alpha value is -3.47. The molecule has 0 aromatic heterocycles. The number of carbonyl (C=O) groups excluding carboxylic acids is 1. The Morgan fingerprint density at radius 2 is 1.54 bits per heavy atom. The van der Waals surface area contributed by atoms with E-state index in [1.54, 1.807) is 0 Å². The number of amides is 2. The predicted molar refractivity (Wildman–Crippen MR) is 108 cm³/mol. The molecule has 1 heterocycles. The lowest BCUT2D eigenvalue weighted by atomic mass is 9.95. The van der Waals surface area contributed by atoms with Crippen LogP contribution in [0, 0.1) is 6.92 Å². The molecule has 142 valence electrons. The zero-order chi connectivity index (χ0) is 19.3. The summed E-state index contributed by atoms with van der Waals surface area (Å²) in [6.07, 6.45) is 0. The van der Waals surface area contributed by atoms with Crippen molar-refractivity contribution in [2.75, 3.05) is 13.2 Å². The minimum atomic E-state index is -0.265. The van der Waals surface area contributed by atoms with Crippen molar-refractivity contribution in [3.63, 3.8) is 0 Å². The van der Waals surface area contributed by atoms with Crippen LogP contribution in [0.4, 0.5) is 4.79 Å². The number of hydrogen-bond donors (Lipinski definition) is 2. The highest BCUT2D eigenvalue weighted by Crippen LogP contribution is 2.42. The lowest BCUT2D eigenvalue weighted by Crippen LogP contribution is -2.40. The lowest BCUT2D eigenvalue weighted by Gasteiger charge is -2.28. The van der Waals surface area contributed by atoms with Crippen LogP contribution in [0.2, 0.25) is 0 Å². The third-order valence-corrected chi connectivity index (χ3v) is 4.63. The zero-order valence-corrected chi connectivity index (χ0v) is 15.6. The number of nitrogens with one attached hydrogen (secondary N) is 2. The van der Waals surface area contributed by atoms with E-state index in [0.717, 1.165) is 28.4 Å². The Kier molecular flexibility index (Phi) is 5.15. The standard InChI is InChI=1S/C23H22N2O3/c1-16-10-12-17(13-11-16)27-15-14-24-23(26)25-22-18-6-2-4-8-20(18)28-21-9-5-3-7-19(21)22/h2-13,22H,14-15H2,1H3,(H2,24,25,26). The summed E-state index contributed by atoms with van der Waals surface area (Å²) >= 11 is 0. The van der Waals surface area contributed by atoms with Gasteiger partial charge in [-0.15, -0.1) is 0 Å². The molecule has 5 nitrogen and oxygen atoms in total. The van der Waals surface area contributed by atoms with Crippen LogP contribution in [-0.2, 0) is 0 Å². The quantitative estimate of drug-likeness (QED) is 0.643. The Morgan fingerprint density at radius 3 is 2.18 bits per heavy atom. The van der Waals surface area contributed by atoms with Gasteiger partial charge in [-0.3, -0.25) is 0 Å². The van der Waals surface area contributed by atoms with Gasteiger partial charge in [0.25, 0.3) is 0 Å². The van der Waals surface area contributed by atoms with Crippen molar-refractivity contribution in [1.29, 1.82) is 0 Å². The molecule has 5 heteroatoms. The summed E-state index contributed by atoms with van der Waals surface area (Å²) in [7, 11) is 0. The number of fused-ring (bicyclic) bond motifs is 2. The maximum absolute atomic E-state index is 12.5. The summed E-state index contributed by atoms with van der Waals surface area (Å²) in [5, 5.41) is 5.91. The van der Waals surface area contributed by atoms with Gasteiger partial charge in [-0.2, -0.15) is 0 Å². The number of benzene rings is 3. The van der Waals surface area contributed by atoms with Gasteiger partial charge in [0, 0.05) is 11.1 Å². The lowest BCUT2D eigenvalue weighted by molar-refractivity contribution is 0.233. The van der Waals surface area contributed by atoms with Crippen molar-refractivity contribution in [2.45, 2.75) is 13.0 Å². The molecule has 2 N–H and O–H groups in total. The number of hydrogen-bond acceptors (Lipinski definition) is 3. The molecule has 3 aromatic carbocycles. The normalized spacial score (nSPS) is 12.3. The van der Waals surface area contributed by atoms with Crippen LogP contribution in [0.25, 0.3) is 0 Å². The van der Waals surface area contributed by atoms with Gasteiger partial charge in [0.05, 0.1) is 12.6 Å². The number of rotatable bonds is 5. The molecule has 3 aromatic rings. The molecule has 28 heavy (non-hydrogen) atoms. The monoisotopic (exact) mass is 374 g/mol. The number of aryl methyl sites for hydroxylation is 1. The van der Waals surface area contributed by atoms with Gasteiger partial charge in [-0.25, -0.2) is 4.79 Å². The number of carbonyl (C=O) groups is 1. The van der Waals surface area contributed by atoms with Gasteiger partial charge in [-0.05, 0) is 31.2 Å². The summed E-state index contributed by atoms with van der Waals surface area (Å²) in [6, 6.07) is 22.8. The molecule has 0 radical (unpaired) electrons. The molecule has 0 spiro atoms. The zero-order valence-electron chi connectivity index (χ0n) is 15.6. The first-order valence-electron chi connectivity index (χ1n) is 9.30. The van der Waals surface area contributed by atoms with E-state index in [2.05, 4.69) is 10.6 Å². The first kappa shape index (κ1) is 17.9. The van der Waals surface area contributed by atoms with E-state index in [-0.39, 0.29) is 12.1 Å². The average molecular weight is 374 g/mol. The molecule has 0 saturated heterocycles. The second-order valence-electron chi connectivity index (χ2n) is 6.67. The SMILES string of the molecule is Cc1ccc(OCCNC(=O)NC2c3ccccc3Oc3ccccc32)cc1. The second kappa shape index (κ2) is 8.05. The Morgan fingerprint density at radius 1 is 0.929 bits per heavy atom. The van der Waals surface area contributed by atoms with Crippen LogP contribution in [0.15, 0.2) is 72.8 Å². The van der Waals surface area contributed by atoms with Gasteiger partial charge in [-0.1, -0.05) is 54.1 Å². The summed E-state index contributed by atoms with van der Waals surface area (Å²) in [5.74, 6) is 2.31. The maximum Gasteiger partial charge on any atom is 0.315 e. The fourth-order valence-electron chi connectivity index (χ4n) is 3.22. The van der Waals surface area contributed by atoms with Crippen molar-refractivity contribution in [1.82, 2.24) is 10.6 Å². The van der Waals surface area contributed by atoms with Gasteiger partial charge >= 0.3 is 6.03 Å². The van der Waals surface area contributed by atoms with Crippen molar-refractivity contribution >= 4 is 6.03 Å². The van der Waals surface area contributed by atoms with Crippen LogP contribution in [-0.4, -0.2) is 19.2 Å². The summed E-state index contributed by atoms with van der Waals surface area (Å²) < 4.78 is 11.6. The third-order valence-electron chi connectivity index (χ3n) is 4.63. The van der Waals surface area contributed by atoms with Crippen LogP contribution >= 0.6 is 0 Å². The van der Waals surface area contributed by atoms with Crippen molar-refractivity contribution in [2.24, 2.45) is 0 Å². The first-order valence-corrected chi connectivity index (χ1v) is 9.30. The highest BCUT2D eigenvalue weighted by Gasteiger charge is 2.27. The van der Waals surface area contributed by atoms with Gasteiger partial charge in [0.2, 0.25) is 0 Å². The topological polar surface area (TPSA) is 59.6 Å². The minimum absolute atomic E-state index is 0.246. The molecule has 4 rings (SSSR count). The van der Waals surface area contributed by atoms with Crippen molar-refractivity contribution in [3.05, 3.63) is 89.5 Å². The van der Waals surface area contributed by atoms with Crippen molar-refractivity contribution < 1.29 is 14.3 Å². The number of ether oxygens (including phenoxy) is 2. The molecular weight excluding hydrogens is 352 g/mol. The van der Waals surface area contributed by atoms with Gasteiger partial charge in [0.1, 0.15) is 23.9 Å². The molecule has 0 unspecified atom stereocenters. The molecule has 1 aliphatic heterocycles. The third kappa shape index (κ3) is 3.93. The van der Waals surface area contributed by atoms with Crippen LogP contribution < -0.4 is 20.1 Å². The number of para-hydroxylation sites is 2. The van der Waals surface area contributed by atoms with Crippen LogP contribution in [0.5, 0.6) is 17.2 Å². The summed E-state index contributed by atoms with van der Waals surface area (Å²) in [5.41, 5.74) is 3.06. The largest absolute Gasteiger partial charge is 0.492 e. The summed E-state index contributed by atoms with van der Waals surface area (Å²) in [4.78, 5) is 12.5. The Bertz CT molecular complexity index is 924. The second-order valence-corrected chi connectivity index (χ2v) is 6.67. The minimum Gasteiger partial charge on any atom is -0.492 e. The molecule has 1 aliphatic rings. The fraction of sp³-hybridized carbons (Fsp3) is 0.174. The van der Waals surface area contributed by atoms with E-state index in [4.69, 9.17) is 9.47 Å².